The van der Waals surface area contributed by atoms with E-state index in [2.05, 4.69) is 23.9 Å². The molecule has 2 aromatic heterocycles. The molecule has 1 fully saturated rings. The van der Waals surface area contributed by atoms with Crippen molar-refractivity contribution >= 4 is 22.1 Å². The van der Waals surface area contributed by atoms with Crippen LogP contribution >= 0.6 is 11.3 Å². The summed E-state index contributed by atoms with van der Waals surface area (Å²) in [7, 11) is 0. The van der Waals surface area contributed by atoms with Crippen LogP contribution < -0.4 is 4.90 Å². The number of ketones is 1. The Morgan fingerprint density at radius 1 is 1.10 bits per heavy atom. The van der Waals surface area contributed by atoms with Gasteiger partial charge in [0.1, 0.15) is 10.7 Å². The van der Waals surface area contributed by atoms with Crippen molar-refractivity contribution < 1.29 is 14.1 Å². The van der Waals surface area contributed by atoms with E-state index in [-0.39, 0.29) is 11.2 Å². The number of nitrogens with zero attached hydrogens (tertiary/aromatic N) is 2. The van der Waals surface area contributed by atoms with E-state index in [1.54, 1.807) is 11.3 Å². The fourth-order valence-electron chi connectivity index (χ4n) is 4.28. The molecule has 0 bridgehead atoms. The maximum Gasteiger partial charge on any atom is 0.173 e. The molecule has 3 aromatic rings. The lowest BCUT2D eigenvalue weighted by molar-refractivity contribution is 0.0918. The second kappa shape index (κ2) is 7.11. The van der Waals surface area contributed by atoms with Gasteiger partial charge < -0.3 is 14.2 Å². The molecule has 0 atom stereocenters. The Morgan fingerprint density at radius 3 is 2.62 bits per heavy atom. The highest BCUT2D eigenvalue weighted by Gasteiger charge is 2.38. The van der Waals surface area contributed by atoms with Gasteiger partial charge in [-0.15, -0.1) is 11.3 Å². The Labute approximate surface area is 174 Å². The molecular formula is C23H24N2O3S. The molecule has 0 N–H and O–H groups in total. The first-order chi connectivity index (χ1) is 14.0. The van der Waals surface area contributed by atoms with E-state index in [0.717, 1.165) is 57.5 Å². The largest absolute Gasteiger partial charge is 0.378 e. The molecule has 5 rings (SSSR count). The molecule has 0 amide bonds. The zero-order chi connectivity index (χ0) is 20.0. The number of anilines is 1. The molecule has 0 unspecified atom stereocenters. The lowest BCUT2D eigenvalue weighted by atomic mass is 9.75. The predicted molar refractivity (Wildman–Crippen MR) is 115 cm³/mol. The second-order valence-corrected chi connectivity index (χ2v) is 9.57. The van der Waals surface area contributed by atoms with Gasteiger partial charge in [0.2, 0.25) is 0 Å². The van der Waals surface area contributed by atoms with Crippen LogP contribution in [0.5, 0.6) is 0 Å². The van der Waals surface area contributed by atoms with E-state index in [1.165, 1.54) is 0 Å². The molecule has 0 radical (unpaired) electrons. The van der Waals surface area contributed by atoms with E-state index in [1.807, 2.05) is 36.4 Å². The lowest BCUT2D eigenvalue weighted by Gasteiger charge is -2.29. The average Bonchev–Trinajstić information content (AvgIpc) is 3.33. The van der Waals surface area contributed by atoms with Gasteiger partial charge in [-0.05, 0) is 17.4 Å². The molecule has 1 aromatic carbocycles. The number of hydrogen-bond acceptors (Lipinski definition) is 6. The Hall–Kier alpha value is -2.44. The van der Waals surface area contributed by atoms with Gasteiger partial charge in [-0.25, -0.2) is 0 Å². The van der Waals surface area contributed by atoms with Crippen LogP contribution in [0.25, 0.3) is 22.6 Å². The molecule has 5 nitrogen and oxygen atoms in total. The number of carbonyl (C=O) groups is 1. The molecule has 6 heteroatoms. The summed E-state index contributed by atoms with van der Waals surface area (Å²) in [4.78, 5) is 16.1. The molecule has 1 aliphatic heterocycles. The highest BCUT2D eigenvalue weighted by molar-refractivity contribution is 7.19. The van der Waals surface area contributed by atoms with Crippen LogP contribution in [0.15, 0.2) is 40.9 Å². The van der Waals surface area contributed by atoms with E-state index < -0.39 is 0 Å². The maximum absolute atomic E-state index is 12.9. The first-order valence-corrected chi connectivity index (χ1v) is 10.9. The van der Waals surface area contributed by atoms with Gasteiger partial charge in [0.15, 0.2) is 11.5 Å². The summed E-state index contributed by atoms with van der Waals surface area (Å²) in [6, 6.07) is 12.0. The quantitative estimate of drug-likeness (QED) is 0.606. The number of hydrogen-bond donors (Lipinski definition) is 0. The smallest absolute Gasteiger partial charge is 0.173 e. The third-order valence-corrected chi connectivity index (χ3v) is 6.99. The van der Waals surface area contributed by atoms with Crippen LogP contribution in [0.2, 0.25) is 0 Å². The molecular weight excluding hydrogens is 384 g/mol. The topological polar surface area (TPSA) is 55.6 Å². The zero-order valence-electron chi connectivity index (χ0n) is 16.7. The molecule has 2 aliphatic rings. The van der Waals surface area contributed by atoms with Gasteiger partial charge in [-0.3, -0.25) is 4.79 Å². The van der Waals surface area contributed by atoms with E-state index in [0.29, 0.717) is 19.6 Å². The van der Waals surface area contributed by atoms with Crippen LogP contribution in [-0.4, -0.2) is 37.2 Å². The van der Waals surface area contributed by atoms with Crippen LogP contribution in [0.4, 0.5) is 5.00 Å². The molecule has 3 heterocycles. The Kier molecular flexibility index (Phi) is 4.56. The van der Waals surface area contributed by atoms with Gasteiger partial charge in [-0.2, -0.15) is 0 Å². The molecule has 0 saturated carbocycles. The number of Topliss-reactive ketones (excluding diaryl/α,β-unsaturated/α-hetero) is 1. The van der Waals surface area contributed by atoms with Gasteiger partial charge >= 0.3 is 0 Å². The fourth-order valence-corrected chi connectivity index (χ4v) is 5.60. The highest BCUT2D eigenvalue weighted by atomic mass is 32.1. The van der Waals surface area contributed by atoms with Crippen molar-refractivity contribution in [2.45, 2.75) is 26.7 Å². The Balaban J connectivity index is 1.65. The van der Waals surface area contributed by atoms with Crippen molar-refractivity contribution in [1.29, 1.82) is 0 Å². The van der Waals surface area contributed by atoms with Gasteiger partial charge in [0.05, 0.1) is 23.7 Å². The first-order valence-electron chi connectivity index (χ1n) is 10.1. The number of morpholine rings is 1. The summed E-state index contributed by atoms with van der Waals surface area (Å²) in [5.74, 6) is 0.984. The third-order valence-electron chi connectivity index (χ3n) is 5.66. The number of rotatable bonds is 3. The number of thiophene rings is 1. The monoisotopic (exact) mass is 408 g/mol. The summed E-state index contributed by atoms with van der Waals surface area (Å²) in [6.07, 6.45) is 1.46. The first kappa shape index (κ1) is 18.6. The lowest BCUT2D eigenvalue weighted by Crippen LogP contribution is -2.36. The van der Waals surface area contributed by atoms with Gasteiger partial charge in [-0.1, -0.05) is 49.3 Å². The van der Waals surface area contributed by atoms with Crippen molar-refractivity contribution in [1.82, 2.24) is 5.16 Å². The number of fused-ring (bicyclic) bond motifs is 1. The summed E-state index contributed by atoms with van der Waals surface area (Å²) in [5.41, 5.74) is 3.95. The highest BCUT2D eigenvalue weighted by Crippen LogP contribution is 2.49. The van der Waals surface area contributed by atoms with Crippen molar-refractivity contribution in [3.05, 3.63) is 46.8 Å². The Bertz CT molecular complexity index is 1050. The predicted octanol–water partition coefficient (Wildman–Crippen LogP) is 5.06. The Morgan fingerprint density at radius 2 is 1.86 bits per heavy atom. The summed E-state index contributed by atoms with van der Waals surface area (Å²) in [5, 5.41) is 5.45. The molecule has 1 saturated heterocycles. The normalized spacial score (nSPS) is 18.7. The number of benzene rings is 1. The van der Waals surface area contributed by atoms with Gasteiger partial charge in [0, 0.05) is 31.1 Å². The van der Waals surface area contributed by atoms with Crippen molar-refractivity contribution in [3.63, 3.8) is 0 Å². The summed E-state index contributed by atoms with van der Waals surface area (Å²) < 4.78 is 11.4. The SMILES string of the molecule is CC1(C)CC(=O)c2sc(N3CCOCC3)c(-c3cc(-c4ccccc4)no3)c2C1. The van der Waals surface area contributed by atoms with Gasteiger partial charge in [0.25, 0.3) is 0 Å². The minimum Gasteiger partial charge on any atom is -0.378 e. The summed E-state index contributed by atoms with van der Waals surface area (Å²) in [6.45, 7) is 7.38. The van der Waals surface area contributed by atoms with Crippen LogP contribution in [0, 0.1) is 5.41 Å². The number of ether oxygens (including phenoxy) is 1. The van der Waals surface area contributed by atoms with Crippen LogP contribution in [0.1, 0.15) is 35.5 Å². The minimum atomic E-state index is -0.0511. The van der Waals surface area contributed by atoms with E-state index >= 15 is 0 Å². The molecule has 1 aliphatic carbocycles. The van der Waals surface area contributed by atoms with E-state index in [9.17, 15) is 4.79 Å². The van der Waals surface area contributed by atoms with Crippen molar-refractivity contribution in [2.24, 2.45) is 5.41 Å². The minimum absolute atomic E-state index is 0.0511. The molecule has 0 spiro atoms. The average molecular weight is 409 g/mol. The molecule has 150 valence electrons. The number of carbonyl (C=O) groups excluding carboxylic acids is 1. The second-order valence-electron chi connectivity index (χ2n) is 8.57. The fraction of sp³-hybridized carbons (Fsp3) is 0.391. The maximum atomic E-state index is 12.9. The number of aromatic nitrogens is 1. The zero-order valence-corrected chi connectivity index (χ0v) is 17.6. The van der Waals surface area contributed by atoms with Crippen molar-refractivity contribution in [3.8, 4) is 22.6 Å². The summed E-state index contributed by atoms with van der Waals surface area (Å²) >= 11 is 1.61. The van der Waals surface area contributed by atoms with Crippen molar-refractivity contribution in [2.75, 3.05) is 31.2 Å². The van der Waals surface area contributed by atoms with Crippen LogP contribution in [-0.2, 0) is 11.2 Å². The van der Waals surface area contributed by atoms with Crippen LogP contribution in [0.3, 0.4) is 0 Å². The molecule has 29 heavy (non-hydrogen) atoms. The van der Waals surface area contributed by atoms with E-state index in [4.69, 9.17) is 9.26 Å². The third kappa shape index (κ3) is 3.40. The standard InChI is InChI=1S/C23H24N2O3S/c1-23(2)13-16-20(19-12-17(24-28-19)15-6-4-3-5-7-15)22(25-8-10-27-11-9-25)29-21(16)18(26)14-23/h3-7,12H,8-11,13-14H2,1-2H3.